The van der Waals surface area contributed by atoms with Crippen LogP contribution in [0.25, 0.3) is 0 Å². The van der Waals surface area contributed by atoms with E-state index in [1.54, 1.807) is 26.4 Å². The topological polar surface area (TPSA) is 30.5 Å². The summed E-state index contributed by atoms with van der Waals surface area (Å²) in [5, 5.41) is 3.32. The van der Waals surface area contributed by atoms with Crippen LogP contribution in [0.3, 0.4) is 0 Å². The Morgan fingerprint density at radius 2 is 1.86 bits per heavy atom. The lowest BCUT2D eigenvalue weighted by Crippen LogP contribution is -2.08. The van der Waals surface area contributed by atoms with Gasteiger partial charge in [-0.1, -0.05) is 0 Å². The summed E-state index contributed by atoms with van der Waals surface area (Å²) >= 11 is 3.18. The maximum Gasteiger partial charge on any atom is 0.137 e. The summed E-state index contributed by atoms with van der Waals surface area (Å²) in [7, 11) is 3.24. The van der Waals surface area contributed by atoms with E-state index in [0.29, 0.717) is 4.47 Å². The molecule has 0 amide bonds. The van der Waals surface area contributed by atoms with Gasteiger partial charge in [-0.2, -0.15) is 0 Å². The van der Waals surface area contributed by atoms with Gasteiger partial charge in [-0.15, -0.1) is 0 Å². The average Bonchev–Trinajstić information content (AvgIpc) is 2.50. The number of methoxy groups -OCH3 is 2. The van der Waals surface area contributed by atoms with Gasteiger partial charge in [0.25, 0.3) is 0 Å². The number of hydrogen-bond acceptors (Lipinski definition) is 3. The number of halogens is 2. The quantitative estimate of drug-likeness (QED) is 0.838. The zero-order chi connectivity index (χ0) is 15.4. The summed E-state index contributed by atoms with van der Waals surface area (Å²) in [6, 6.07) is 10.5. The van der Waals surface area contributed by atoms with E-state index in [0.717, 1.165) is 22.7 Å². The Morgan fingerprint density at radius 3 is 2.48 bits per heavy atom. The highest BCUT2D eigenvalue weighted by molar-refractivity contribution is 9.10. The van der Waals surface area contributed by atoms with Crippen molar-refractivity contribution in [2.75, 3.05) is 19.5 Å². The van der Waals surface area contributed by atoms with E-state index < -0.39 is 0 Å². The second-order valence-corrected chi connectivity index (χ2v) is 5.46. The summed E-state index contributed by atoms with van der Waals surface area (Å²) in [4.78, 5) is 0. The van der Waals surface area contributed by atoms with E-state index in [2.05, 4.69) is 21.2 Å². The van der Waals surface area contributed by atoms with Crippen molar-refractivity contribution in [3.05, 3.63) is 52.3 Å². The minimum Gasteiger partial charge on any atom is -0.497 e. The van der Waals surface area contributed by atoms with Crippen LogP contribution in [0.5, 0.6) is 11.5 Å². The van der Waals surface area contributed by atoms with Gasteiger partial charge >= 0.3 is 0 Å². The van der Waals surface area contributed by atoms with Crippen molar-refractivity contribution in [3.63, 3.8) is 0 Å². The molecule has 0 heterocycles. The number of nitrogens with one attached hydrogen (secondary N) is 1. The number of hydrogen-bond donors (Lipinski definition) is 1. The minimum atomic E-state index is -0.282. The SMILES string of the molecule is COc1ccc(C(C)Nc2ccc(F)c(Br)c2)c(OC)c1. The highest BCUT2D eigenvalue weighted by Gasteiger charge is 2.13. The zero-order valence-electron chi connectivity index (χ0n) is 12.1. The number of rotatable bonds is 5. The van der Waals surface area contributed by atoms with Gasteiger partial charge in [-0.25, -0.2) is 4.39 Å². The first kappa shape index (κ1) is 15.6. The van der Waals surface area contributed by atoms with Gasteiger partial charge in [-0.3, -0.25) is 0 Å². The van der Waals surface area contributed by atoms with Crippen molar-refractivity contribution in [2.45, 2.75) is 13.0 Å². The lowest BCUT2D eigenvalue weighted by Gasteiger charge is -2.19. The molecular formula is C16H17BrFNO2. The normalized spacial score (nSPS) is 11.9. The first-order valence-corrected chi connectivity index (χ1v) is 7.28. The number of benzene rings is 2. The molecule has 1 unspecified atom stereocenters. The molecule has 1 N–H and O–H groups in total. The second kappa shape index (κ2) is 6.80. The van der Waals surface area contributed by atoms with Crippen LogP contribution < -0.4 is 14.8 Å². The molecule has 0 aliphatic heterocycles. The second-order valence-electron chi connectivity index (χ2n) is 4.60. The Hall–Kier alpha value is -1.75. The molecule has 0 saturated carbocycles. The standard InChI is InChI=1S/C16H17BrFNO2/c1-10(19-11-4-7-15(18)14(17)8-11)13-6-5-12(20-2)9-16(13)21-3/h4-10,19H,1-3H3. The third-order valence-electron chi connectivity index (χ3n) is 3.21. The van der Waals surface area contributed by atoms with E-state index in [4.69, 9.17) is 9.47 Å². The first-order valence-electron chi connectivity index (χ1n) is 6.48. The molecule has 0 fully saturated rings. The van der Waals surface area contributed by atoms with E-state index in [9.17, 15) is 4.39 Å². The predicted octanol–water partition coefficient (Wildman–Crippen LogP) is 4.78. The van der Waals surface area contributed by atoms with Crippen LogP contribution in [-0.2, 0) is 0 Å². The molecule has 2 aromatic carbocycles. The molecular weight excluding hydrogens is 337 g/mol. The minimum absolute atomic E-state index is 0.00298. The Morgan fingerprint density at radius 1 is 1.10 bits per heavy atom. The predicted molar refractivity (Wildman–Crippen MR) is 85.7 cm³/mol. The van der Waals surface area contributed by atoms with Crippen LogP contribution in [0.4, 0.5) is 10.1 Å². The third kappa shape index (κ3) is 3.67. The van der Waals surface area contributed by atoms with Crippen LogP contribution in [0, 0.1) is 5.82 Å². The summed E-state index contributed by atoms with van der Waals surface area (Å²) < 4.78 is 24.3. The molecule has 0 aliphatic rings. The molecule has 0 aliphatic carbocycles. The molecule has 0 aromatic heterocycles. The van der Waals surface area contributed by atoms with Crippen molar-refractivity contribution in [3.8, 4) is 11.5 Å². The van der Waals surface area contributed by atoms with Crippen LogP contribution in [0.2, 0.25) is 0 Å². The van der Waals surface area contributed by atoms with Crippen LogP contribution >= 0.6 is 15.9 Å². The molecule has 0 saturated heterocycles. The summed E-state index contributed by atoms with van der Waals surface area (Å²) in [6.07, 6.45) is 0. The van der Waals surface area contributed by atoms with E-state index in [-0.39, 0.29) is 11.9 Å². The van der Waals surface area contributed by atoms with Crippen molar-refractivity contribution in [1.82, 2.24) is 0 Å². The molecule has 2 rings (SSSR count). The fraction of sp³-hybridized carbons (Fsp3) is 0.250. The van der Waals surface area contributed by atoms with Gasteiger partial charge in [0, 0.05) is 17.3 Å². The molecule has 112 valence electrons. The maximum absolute atomic E-state index is 13.3. The van der Waals surface area contributed by atoms with Gasteiger partial charge in [0.2, 0.25) is 0 Å². The fourth-order valence-corrected chi connectivity index (χ4v) is 2.47. The monoisotopic (exact) mass is 353 g/mol. The highest BCUT2D eigenvalue weighted by Crippen LogP contribution is 2.32. The smallest absolute Gasteiger partial charge is 0.137 e. The molecule has 21 heavy (non-hydrogen) atoms. The number of anilines is 1. The van der Waals surface area contributed by atoms with Crippen molar-refractivity contribution in [2.24, 2.45) is 0 Å². The van der Waals surface area contributed by atoms with Gasteiger partial charge in [0.05, 0.1) is 24.7 Å². The molecule has 5 heteroatoms. The average molecular weight is 354 g/mol. The summed E-state index contributed by atoms with van der Waals surface area (Å²) in [6.45, 7) is 2.02. The van der Waals surface area contributed by atoms with Gasteiger partial charge in [-0.05, 0) is 53.2 Å². The van der Waals surface area contributed by atoms with Crippen LogP contribution in [0.15, 0.2) is 40.9 Å². The van der Waals surface area contributed by atoms with E-state index >= 15 is 0 Å². The molecule has 0 spiro atoms. The molecule has 2 aromatic rings. The largest absolute Gasteiger partial charge is 0.497 e. The highest BCUT2D eigenvalue weighted by atomic mass is 79.9. The molecule has 3 nitrogen and oxygen atoms in total. The van der Waals surface area contributed by atoms with Gasteiger partial charge in [0.1, 0.15) is 17.3 Å². The Balaban J connectivity index is 2.23. The Kier molecular flexibility index (Phi) is 5.07. The molecule has 0 bridgehead atoms. The van der Waals surface area contributed by atoms with E-state index in [1.165, 1.54) is 6.07 Å². The summed E-state index contributed by atoms with van der Waals surface area (Å²) in [5.74, 6) is 1.21. The molecule has 0 radical (unpaired) electrons. The van der Waals surface area contributed by atoms with Crippen molar-refractivity contribution >= 4 is 21.6 Å². The van der Waals surface area contributed by atoms with Gasteiger partial charge in [0.15, 0.2) is 0 Å². The lowest BCUT2D eigenvalue weighted by molar-refractivity contribution is 0.390. The summed E-state index contributed by atoms with van der Waals surface area (Å²) in [5.41, 5.74) is 1.83. The maximum atomic E-state index is 13.3. The molecule has 1 atom stereocenters. The van der Waals surface area contributed by atoms with Crippen LogP contribution in [0.1, 0.15) is 18.5 Å². The number of ether oxygens (including phenoxy) is 2. The fourth-order valence-electron chi connectivity index (χ4n) is 2.09. The van der Waals surface area contributed by atoms with Crippen molar-refractivity contribution < 1.29 is 13.9 Å². The van der Waals surface area contributed by atoms with Crippen LogP contribution in [-0.4, -0.2) is 14.2 Å². The van der Waals surface area contributed by atoms with Crippen molar-refractivity contribution in [1.29, 1.82) is 0 Å². The first-order chi connectivity index (χ1) is 10.0. The Bertz CT molecular complexity index is 634. The lowest BCUT2D eigenvalue weighted by atomic mass is 10.1. The van der Waals surface area contributed by atoms with E-state index in [1.807, 2.05) is 25.1 Å². The van der Waals surface area contributed by atoms with Gasteiger partial charge < -0.3 is 14.8 Å². The zero-order valence-corrected chi connectivity index (χ0v) is 13.7. The third-order valence-corrected chi connectivity index (χ3v) is 3.82. The Labute approximate surface area is 132 Å².